The van der Waals surface area contributed by atoms with Crippen LogP contribution in [0.5, 0.6) is 11.5 Å². The number of aliphatic carboxylic acids is 1. The first-order valence-corrected chi connectivity index (χ1v) is 29.6. The number of aryl methyl sites for hydroxylation is 2. The van der Waals surface area contributed by atoms with Gasteiger partial charge in [0.25, 0.3) is 5.91 Å². The van der Waals surface area contributed by atoms with E-state index in [-0.39, 0.29) is 43.1 Å². The average Bonchev–Trinajstić information content (AvgIpc) is 4.33. The van der Waals surface area contributed by atoms with Crippen molar-refractivity contribution in [1.82, 2.24) is 15.1 Å². The third-order valence-corrected chi connectivity index (χ3v) is 16.3. The van der Waals surface area contributed by atoms with E-state index in [0.29, 0.717) is 46.9 Å². The molecule has 4 fully saturated rings. The molecule has 0 saturated carbocycles. The number of carboxylic acids is 1. The van der Waals surface area contributed by atoms with Crippen molar-refractivity contribution in [3.63, 3.8) is 0 Å². The summed E-state index contributed by atoms with van der Waals surface area (Å²) in [7, 11) is 0. The molecule has 0 radical (unpaired) electrons. The molecule has 1 amide bonds. The normalized spacial score (nSPS) is 17.9. The molecule has 84 heavy (non-hydrogen) atoms. The fraction of sp³-hybridized carbons (Fsp3) is 0.469. The number of hydrogen-bond donors (Lipinski definition) is 5. The Morgan fingerprint density at radius 1 is 0.595 bits per heavy atom. The lowest BCUT2D eigenvalue weighted by atomic mass is 9.99. The van der Waals surface area contributed by atoms with Crippen molar-refractivity contribution in [2.45, 2.75) is 125 Å². The molecule has 0 aromatic heterocycles. The topological polar surface area (TPSA) is 208 Å². The Labute approximate surface area is 498 Å². The number of benzene rings is 6. The van der Waals surface area contributed by atoms with E-state index in [1.54, 1.807) is 30.3 Å². The van der Waals surface area contributed by atoms with Crippen molar-refractivity contribution in [3.05, 3.63) is 154 Å². The highest BCUT2D eigenvalue weighted by Gasteiger charge is 2.41. The third-order valence-electron chi connectivity index (χ3n) is 15.7. The van der Waals surface area contributed by atoms with E-state index in [1.165, 1.54) is 12.8 Å². The lowest BCUT2D eigenvalue weighted by molar-refractivity contribution is -0.165. The quantitative estimate of drug-likeness (QED) is 0.0427. The highest BCUT2D eigenvalue weighted by molar-refractivity contribution is 6.32. The van der Waals surface area contributed by atoms with Gasteiger partial charge in [0.15, 0.2) is 0 Å². The molecule has 4 saturated heterocycles. The molecule has 456 valence electrons. The SMILES string of the molecule is N[C@H](CN1CCCC1)[C@H](O)c1ccc(OC2CCOCC2)c(Cl)c1.O.O=C(N[C@H](CN1CCCC1)[C@H](O)c1ccc(OC2CCOCC2)c(Cl)c1)C(F)(F)CCc1ccc2ccccc2c1.O=C(O)C(F)(F)CCc1ccc2ccccc2c1. The van der Waals surface area contributed by atoms with Crippen LogP contribution >= 0.6 is 23.2 Å². The molecule has 0 spiro atoms. The zero-order valence-corrected chi connectivity index (χ0v) is 48.6. The number of nitrogens with two attached hydrogens (primary N) is 1. The van der Waals surface area contributed by atoms with Crippen LogP contribution in [0.4, 0.5) is 17.6 Å². The van der Waals surface area contributed by atoms with Crippen molar-refractivity contribution in [3.8, 4) is 11.5 Å². The Morgan fingerprint density at radius 2 is 1.01 bits per heavy atom. The fourth-order valence-electron chi connectivity index (χ4n) is 10.7. The van der Waals surface area contributed by atoms with E-state index < -0.39 is 54.8 Å². The standard InChI is InChI=1S/C32H37ClF2N2O4.C18H27ClN2O3.C14H12F2O2.H2O/c33-27-20-25(9-10-29(27)41-26-12-17-40-18-13-26)30(38)28(21-37-15-3-4-16-37)36-31(39)32(34,35)14-11-22-7-8-23-5-1-2-6-24(23)19-22;19-15-11-13(18(22)16(20)12-21-7-1-2-8-21)3-4-17(15)24-14-5-9-23-10-6-14;15-14(16,13(17)18)8-7-10-5-6-11-3-1-2-4-12(11)9-10;/h1-2,5-10,19-20,26,28,30,38H,3-4,11-18,21H2,(H,36,39);3-4,11,14,16,18,22H,1-2,5-10,12,20H2;1-6,9H,7-8H2,(H,17,18);1H2/t28-,30-;16-,18-;;/m11../s1. The van der Waals surface area contributed by atoms with Gasteiger partial charge in [0.1, 0.15) is 29.8 Å². The summed E-state index contributed by atoms with van der Waals surface area (Å²) in [5.74, 6) is -9.56. The van der Waals surface area contributed by atoms with Gasteiger partial charge in [0.2, 0.25) is 0 Å². The maximum absolute atomic E-state index is 15.1. The van der Waals surface area contributed by atoms with Gasteiger partial charge in [0.05, 0.1) is 48.6 Å². The van der Waals surface area contributed by atoms with Crippen LogP contribution < -0.4 is 20.5 Å². The highest BCUT2D eigenvalue weighted by atomic mass is 35.5. The minimum atomic E-state index is -3.66. The highest BCUT2D eigenvalue weighted by Crippen LogP contribution is 2.34. The van der Waals surface area contributed by atoms with Crippen molar-refractivity contribution >= 4 is 56.6 Å². The number of ether oxygens (including phenoxy) is 4. The Morgan fingerprint density at radius 3 is 1.45 bits per heavy atom. The summed E-state index contributed by atoms with van der Waals surface area (Å²) in [5, 5.41) is 37.5. The first kappa shape index (κ1) is 65.9. The van der Waals surface area contributed by atoms with Crippen molar-refractivity contribution < 1.29 is 66.9 Å². The summed E-state index contributed by atoms with van der Waals surface area (Å²) in [4.78, 5) is 27.6. The molecule has 6 aromatic carbocycles. The number of amides is 1. The molecule has 0 bridgehead atoms. The number of carbonyl (C=O) groups excluding carboxylic acids is 1. The molecular formula is C64H78Cl2F4N4O10. The second-order valence-electron chi connectivity index (χ2n) is 22.0. The number of aliphatic hydroxyl groups excluding tert-OH is 2. The monoisotopic (exact) mass is 1210 g/mol. The van der Waals surface area contributed by atoms with Crippen LogP contribution in [0.1, 0.15) is 98.7 Å². The van der Waals surface area contributed by atoms with Crippen molar-refractivity contribution in [2.75, 3.05) is 65.7 Å². The zero-order chi connectivity index (χ0) is 58.9. The van der Waals surface area contributed by atoms with E-state index in [2.05, 4.69) is 15.1 Å². The Bertz CT molecular complexity index is 3050. The molecular weight excluding hydrogens is 1130 g/mol. The van der Waals surface area contributed by atoms with Gasteiger partial charge in [-0.05, 0) is 133 Å². The molecule has 4 aliphatic heterocycles. The summed E-state index contributed by atoms with van der Waals surface area (Å²) < 4.78 is 78.9. The maximum atomic E-state index is 15.1. The van der Waals surface area contributed by atoms with Crippen LogP contribution in [0, 0.1) is 0 Å². The number of carbonyl (C=O) groups is 2. The second-order valence-corrected chi connectivity index (χ2v) is 22.8. The summed E-state index contributed by atoms with van der Waals surface area (Å²) in [5.41, 5.74) is 8.81. The molecule has 0 aliphatic carbocycles. The summed E-state index contributed by atoms with van der Waals surface area (Å²) in [6.07, 6.45) is 4.66. The van der Waals surface area contributed by atoms with E-state index in [0.717, 1.165) is 116 Å². The van der Waals surface area contributed by atoms with Crippen LogP contribution in [0.2, 0.25) is 10.0 Å². The van der Waals surface area contributed by atoms with E-state index in [1.807, 2.05) is 91.0 Å². The van der Waals surface area contributed by atoms with Crippen LogP contribution in [-0.2, 0) is 31.9 Å². The minimum Gasteiger partial charge on any atom is -0.489 e. The van der Waals surface area contributed by atoms with Crippen LogP contribution in [0.3, 0.4) is 0 Å². The fourth-order valence-corrected chi connectivity index (χ4v) is 11.2. The van der Waals surface area contributed by atoms with E-state index in [9.17, 15) is 28.6 Å². The largest absolute Gasteiger partial charge is 0.489 e. The van der Waals surface area contributed by atoms with Gasteiger partial charge in [-0.15, -0.1) is 0 Å². The predicted octanol–water partition coefficient (Wildman–Crippen LogP) is 11.0. The molecule has 20 heteroatoms. The Hall–Kier alpha value is -5.64. The van der Waals surface area contributed by atoms with Gasteiger partial charge in [-0.25, -0.2) is 4.79 Å². The van der Waals surface area contributed by atoms with Crippen LogP contribution in [-0.4, -0.2) is 144 Å². The molecule has 4 aliphatic rings. The van der Waals surface area contributed by atoms with Gasteiger partial charge >= 0.3 is 17.8 Å². The number of halogens is 6. The number of alkyl halides is 4. The van der Waals surface area contributed by atoms with Gasteiger partial charge in [-0.1, -0.05) is 120 Å². The summed E-state index contributed by atoms with van der Waals surface area (Å²) >= 11 is 12.8. The summed E-state index contributed by atoms with van der Waals surface area (Å²) in [6.45, 7) is 7.39. The van der Waals surface area contributed by atoms with Crippen LogP contribution in [0.15, 0.2) is 121 Å². The van der Waals surface area contributed by atoms with E-state index >= 15 is 8.78 Å². The Balaban J connectivity index is 0.000000199. The van der Waals surface area contributed by atoms with Gasteiger partial charge in [-0.3, -0.25) is 4.79 Å². The van der Waals surface area contributed by atoms with Gasteiger partial charge < -0.3 is 60.6 Å². The molecule has 0 unspecified atom stereocenters. The third kappa shape index (κ3) is 19.2. The summed E-state index contributed by atoms with van der Waals surface area (Å²) in [6, 6.07) is 35.5. The average molecular weight is 1210 g/mol. The number of rotatable bonds is 21. The smallest absolute Gasteiger partial charge is 0.374 e. The number of nitrogens with zero attached hydrogens (tertiary/aromatic N) is 2. The number of aliphatic hydroxyl groups is 2. The van der Waals surface area contributed by atoms with Gasteiger partial charge in [0, 0.05) is 57.7 Å². The molecule has 6 aromatic rings. The minimum absolute atomic E-state index is 0. The lowest BCUT2D eigenvalue weighted by Gasteiger charge is -2.30. The zero-order valence-electron chi connectivity index (χ0n) is 47.1. The molecule has 14 nitrogen and oxygen atoms in total. The molecule has 10 rings (SSSR count). The van der Waals surface area contributed by atoms with E-state index in [4.69, 9.17) is 53.0 Å². The predicted molar refractivity (Wildman–Crippen MR) is 319 cm³/mol. The Kier molecular flexibility index (Phi) is 24.8. The van der Waals surface area contributed by atoms with Gasteiger partial charge in [-0.2, -0.15) is 17.6 Å². The number of hydrogen-bond acceptors (Lipinski definition) is 11. The van der Waals surface area contributed by atoms with Crippen molar-refractivity contribution in [2.24, 2.45) is 5.73 Å². The molecule has 8 N–H and O–H groups in total. The van der Waals surface area contributed by atoms with Crippen molar-refractivity contribution in [1.29, 1.82) is 0 Å². The first-order chi connectivity index (χ1) is 39.9. The number of nitrogens with one attached hydrogen (secondary N) is 1. The van der Waals surface area contributed by atoms with Crippen LogP contribution in [0.25, 0.3) is 21.5 Å². The first-order valence-electron chi connectivity index (χ1n) is 28.8. The molecule has 4 heterocycles. The number of fused-ring (bicyclic) bond motifs is 2. The maximum Gasteiger partial charge on any atom is 0.374 e. The number of carboxylic acid groups (broad SMARTS) is 1. The number of likely N-dealkylation sites (tertiary alicyclic amines) is 2. The second kappa shape index (κ2) is 31.7. The molecule has 4 atom stereocenters. The lowest BCUT2D eigenvalue weighted by Crippen LogP contribution is -2.51.